The van der Waals surface area contributed by atoms with Crippen molar-refractivity contribution < 1.29 is 22.5 Å². The first-order chi connectivity index (χ1) is 13.2. The Hall–Kier alpha value is -2.85. The monoisotopic (exact) mass is 407 g/mol. The van der Waals surface area contributed by atoms with Crippen molar-refractivity contribution in [3.63, 3.8) is 0 Å². The maximum absolute atomic E-state index is 13.9. The highest BCUT2D eigenvalue weighted by molar-refractivity contribution is 7.89. The summed E-state index contributed by atoms with van der Waals surface area (Å²) in [6.45, 7) is 1.81. The minimum absolute atomic E-state index is 0.0103. The predicted molar refractivity (Wildman–Crippen MR) is 98.9 cm³/mol. The molecule has 1 aliphatic heterocycles. The van der Waals surface area contributed by atoms with E-state index in [4.69, 9.17) is 0 Å². The molecular weight excluding hydrogens is 389 g/mol. The molecule has 1 amide bonds. The van der Waals surface area contributed by atoms with Gasteiger partial charge in [-0.05, 0) is 25.1 Å². The van der Waals surface area contributed by atoms with Crippen molar-refractivity contribution in [3.8, 4) is 0 Å². The van der Waals surface area contributed by atoms with Gasteiger partial charge in [0, 0.05) is 43.4 Å². The molecule has 1 fully saturated rings. The van der Waals surface area contributed by atoms with E-state index in [1.165, 1.54) is 41.3 Å². The summed E-state index contributed by atoms with van der Waals surface area (Å²) in [7, 11) is -4.00. The quantitative estimate of drug-likeness (QED) is 0.571. The van der Waals surface area contributed by atoms with E-state index < -0.39 is 31.6 Å². The zero-order valence-corrected chi connectivity index (χ0v) is 15.9. The lowest BCUT2D eigenvalue weighted by Crippen LogP contribution is -2.50. The molecule has 1 heterocycles. The topological polar surface area (TPSA) is 101 Å². The summed E-state index contributed by atoms with van der Waals surface area (Å²) in [5.41, 5.74) is 0.469. The molecular formula is C18H18FN3O5S. The van der Waals surface area contributed by atoms with Gasteiger partial charge < -0.3 is 4.90 Å². The fraction of sp³-hybridized carbons (Fsp3) is 0.278. The van der Waals surface area contributed by atoms with Crippen molar-refractivity contribution in [1.82, 2.24) is 9.21 Å². The molecule has 0 aliphatic carbocycles. The normalized spacial score (nSPS) is 15.4. The third kappa shape index (κ3) is 3.73. The van der Waals surface area contributed by atoms with Crippen molar-refractivity contribution >= 4 is 21.6 Å². The number of carbonyl (C=O) groups excluding carboxylic acids is 1. The van der Waals surface area contributed by atoms with E-state index in [2.05, 4.69) is 0 Å². The van der Waals surface area contributed by atoms with Crippen LogP contribution >= 0.6 is 0 Å². The summed E-state index contributed by atoms with van der Waals surface area (Å²) in [6.07, 6.45) is 0. The van der Waals surface area contributed by atoms with Crippen molar-refractivity contribution in [2.24, 2.45) is 0 Å². The maximum atomic E-state index is 13.9. The van der Waals surface area contributed by atoms with E-state index in [0.29, 0.717) is 5.56 Å². The van der Waals surface area contributed by atoms with Gasteiger partial charge >= 0.3 is 0 Å². The number of nitro groups is 1. The van der Waals surface area contributed by atoms with E-state index in [9.17, 15) is 27.7 Å². The Bertz CT molecular complexity index is 1030. The minimum atomic E-state index is -4.00. The Morgan fingerprint density at radius 1 is 1.11 bits per heavy atom. The molecule has 2 aromatic carbocycles. The molecule has 0 spiro atoms. The average Bonchev–Trinajstić information content (AvgIpc) is 2.68. The molecule has 148 valence electrons. The Balaban J connectivity index is 1.74. The largest absolute Gasteiger partial charge is 0.336 e. The molecule has 28 heavy (non-hydrogen) atoms. The number of amides is 1. The summed E-state index contributed by atoms with van der Waals surface area (Å²) in [5.74, 6) is -1.24. The molecule has 1 saturated heterocycles. The van der Waals surface area contributed by atoms with Crippen LogP contribution in [0.25, 0.3) is 0 Å². The van der Waals surface area contributed by atoms with Crippen LogP contribution in [0.3, 0.4) is 0 Å². The van der Waals surface area contributed by atoms with E-state index in [-0.39, 0.29) is 37.4 Å². The van der Waals surface area contributed by atoms with E-state index >= 15 is 0 Å². The number of halogens is 1. The molecule has 0 saturated carbocycles. The number of rotatable bonds is 4. The van der Waals surface area contributed by atoms with Gasteiger partial charge in [-0.1, -0.05) is 18.2 Å². The van der Waals surface area contributed by atoms with E-state index in [1.54, 1.807) is 6.92 Å². The number of hydrogen-bond acceptors (Lipinski definition) is 5. The van der Waals surface area contributed by atoms with Crippen LogP contribution in [0.5, 0.6) is 0 Å². The minimum Gasteiger partial charge on any atom is -0.336 e. The summed E-state index contributed by atoms with van der Waals surface area (Å²) < 4.78 is 40.2. The number of carbonyl (C=O) groups is 1. The van der Waals surface area contributed by atoms with Gasteiger partial charge in [0.05, 0.1) is 4.92 Å². The van der Waals surface area contributed by atoms with Crippen molar-refractivity contribution in [2.75, 3.05) is 26.2 Å². The van der Waals surface area contributed by atoms with Gasteiger partial charge in [-0.25, -0.2) is 12.8 Å². The smallest absolute Gasteiger partial charge is 0.273 e. The van der Waals surface area contributed by atoms with E-state index in [1.807, 2.05) is 0 Å². The summed E-state index contributed by atoms with van der Waals surface area (Å²) in [4.78, 5) is 24.2. The molecule has 2 aromatic rings. The highest BCUT2D eigenvalue weighted by Gasteiger charge is 2.32. The second-order valence-electron chi connectivity index (χ2n) is 6.39. The van der Waals surface area contributed by atoms with Crippen LogP contribution in [0.15, 0.2) is 47.4 Å². The van der Waals surface area contributed by atoms with Crippen LogP contribution < -0.4 is 0 Å². The number of sulfonamides is 1. The molecule has 0 N–H and O–H groups in total. The lowest BCUT2D eigenvalue weighted by Gasteiger charge is -2.34. The molecule has 1 aliphatic rings. The molecule has 8 nitrogen and oxygen atoms in total. The Kier molecular flexibility index (Phi) is 5.43. The summed E-state index contributed by atoms with van der Waals surface area (Å²) >= 11 is 0. The number of nitro benzene ring substituents is 1. The Morgan fingerprint density at radius 2 is 1.75 bits per heavy atom. The first kappa shape index (κ1) is 19.9. The van der Waals surface area contributed by atoms with Gasteiger partial charge in [0.25, 0.3) is 11.6 Å². The maximum Gasteiger partial charge on any atom is 0.273 e. The standard InChI is InChI=1S/C18H18FN3O5S/c1-13-6-7-14(12-16(13)22(24)25)18(23)20-8-10-21(11-9-20)28(26,27)17-5-3-2-4-15(17)19/h2-7,12H,8-11H2,1H3. The third-order valence-electron chi connectivity index (χ3n) is 4.63. The fourth-order valence-corrected chi connectivity index (χ4v) is 4.53. The summed E-state index contributed by atoms with van der Waals surface area (Å²) in [5, 5.41) is 11.1. The van der Waals surface area contributed by atoms with Gasteiger partial charge in [-0.15, -0.1) is 0 Å². The molecule has 0 aromatic heterocycles. The number of hydrogen-bond donors (Lipinski definition) is 0. The second-order valence-corrected chi connectivity index (χ2v) is 8.29. The lowest BCUT2D eigenvalue weighted by atomic mass is 10.1. The number of benzene rings is 2. The van der Waals surface area contributed by atoms with Crippen LogP contribution in [0.4, 0.5) is 10.1 Å². The van der Waals surface area contributed by atoms with Crippen LogP contribution in [-0.4, -0.2) is 54.6 Å². The first-order valence-corrected chi connectivity index (χ1v) is 9.95. The second kappa shape index (κ2) is 7.64. The van der Waals surface area contributed by atoms with Crippen LogP contribution in [0.1, 0.15) is 15.9 Å². The molecule has 3 rings (SSSR count). The van der Waals surface area contributed by atoms with E-state index in [0.717, 1.165) is 10.4 Å². The summed E-state index contributed by atoms with van der Waals surface area (Å²) in [6, 6.07) is 9.37. The fourth-order valence-electron chi connectivity index (χ4n) is 3.05. The van der Waals surface area contributed by atoms with Crippen LogP contribution in [-0.2, 0) is 10.0 Å². The number of nitrogens with zero attached hydrogens (tertiary/aromatic N) is 3. The van der Waals surface area contributed by atoms with Gasteiger partial charge in [-0.3, -0.25) is 14.9 Å². The zero-order chi connectivity index (χ0) is 20.5. The Labute approximate surface area is 161 Å². The highest BCUT2D eigenvalue weighted by atomic mass is 32.2. The molecule has 0 atom stereocenters. The van der Waals surface area contributed by atoms with Gasteiger partial charge in [0.2, 0.25) is 10.0 Å². The van der Waals surface area contributed by atoms with Crippen molar-refractivity contribution in [2.45, 2.75) is 11.8 Å². The molecule has 10 heteroatoms. The number of piperazine rings is 1. The van der Waals surface area contributed by atoms with Crippen molar-refractivity contribution in [3.05, 3.63) is 69.5 Å². The van der Waals surface area contributed by atoms with Gasteiger partial charge in [0.15, 0.2) is 0 Å². The number of aryl methyl sites for hydroxylation is 1. The average molecular weight is 407 g/mol. The van der Waals surface area contributed by atoms with Crippen LogP contribution in [0.2, 0.25) is 0 Å². The third-order valence-corrected chi connectivity index (χ3v) is 6.56. The first-order valence-electron chi connectivity index (χ1n) is 8.51. The molecule has 0 bridgehead atoms. The Morgan fingerprint density at radius 3 is 2.36 bits per heavy atom. The van der Waals surface area contributed by atoms with Crippen LogP contribution in [0, 0.1) is 22.9 Å². The van der Waals surface area contributed by atoms with Crippen molar-refractivity contribution in [1.29, 1.82) is 0 Å². The highest BCUT2D eigenvalue weighted by Crippen LogP contribution is 2.23. The van der Waals surface area contributed by atoms with Gasteiger partial charge in [-0.2, -0.15) is 4.31 Å². The molecule has 0 radical (unpaired) electrons. The zero-order valence-electron chi connectivity index (χ0n) is 15.0. The van der Waals surface area contributed by atoms with Gasteiger partial charge in [0.1, 0.15) is 10.7 Å². The lowest BCUT2D eigenvalue weighted by molar-refractivity contribution is -0.385. The molecule has 0 unspecified atom stereocenters. The SMILES string of the molecule is Cc1ccc(C(=O)N2CCN(S(=O)(=O)c3ccccc3F)CC2)cc1[N+](=O)[O-]. The predicted octanol–water partition coefficient (Wildman–Crippen LogP) is 2.19.